The van der Waals surface area contributed by atoms with Gasteiger partial charge in [-0.15, -0.1) is 0 Å². The van der Waals surface area contributed by atoms with Gasteiger partial charge in [-0.25, -0.2) is 0 Å². The van der Waals surface area contributed by atoms with E-state index in [4.69, 9.17) is 9.47 Å². The molecule has 2 unspecified atom stereocenters. The molecule has 5 heteroatoms. The number of methoxy groups -OCH3 is 2. The van der Waals surface area contributed by atoms with Crippen LogP contribution in [0.4, 0.5) is 0 Å². The van der Waals surface area contributed by atoms with Gasteiger partial charge in [-0.3, -0.25) is 0 Å². The predicted octanol–water partition coefficient (Wildman–Crippen LogP) is 3.21. The molecular formula is C20H32N2O3. The number of nitrogens with zero attached hydrogens (tertiary/aromatic N) is 2. The Morgan fingerprint density at radius 1 is 1.20 bits per heavy atom. The molecule has 1 aromatic rings. The standard InChI is InChI=1S/C20H32N2O3/c1-15(2)20(14-21,10-7-11-22(4)13-16(3)23)17-8-9-18(24-5)19(12-17)25-6/h8-9,12,15-16,23H,7,10-11,13H2,1-6H3. The smallest absolute Gasteiger partial charge is 0.161 e. The first-order chi connectivity index (χ1) is 11.8. The van der Waals surface area contributed by atoms with Crippen LogP contribution in [0, 0.1) is 17.2 Å². The molecule has 1 rings (SSSR count). The van der Waals surface area contributed by atoms with Crippen molar-refractivity contribution >= 4 is 0 Å². The monoisotopic (exact) mass is 348 g/mol. The van der Waals surface area contributed by atoms with Crippen molar-refractivity contribution in [1.29, 1.82) is 5.26 Å². The maximum atomic E-state index is 10.0. The highest BCUT2D eigenvalue weighted by Crippen LogP contribution is 2.40. The lowest BCUT2D eigenvalue weighted by Gasteiger charge is -2.32. The Bertz CT molecular complexity index is 581. The lowest BCUT2D eigenvalue weighted by atomic mass is 9.69. The molecule has 0 aliphatic carbocycles. The van der Waals surface area contributed by atoms with Crippen LogP contribution in [-0.4, -0.2) is 50.5 Å². The van der Waals surface area contributed by atoms with Crippen molar-refractivity contribution < 1.29 is 14.6 Å². The van der Waals surface area contributed by atoms with Gasteiger partial charge in [0, 0.05) is 6.54 Å². The SMILES string of the molecule is COc1ccc(C(C#N)(CCCN(C)CC(C)O)C(C)C)cc1OC. The maximum Gasteiger partial charge on any atom is 0.161 e. The van der Waals surface area contributed by atoms with E-state index < -0.39 is 5.41 Å². The van der Waals surface area contributed by atoms with Crippen LogP contribution >= 0.6 is 0 Å². The number of benzene rings is 1. The van der Waals surface area contributed by atoms with Gasteiger partial charge in [0.15, 0.2) is 11.5 Å². The average Bonchev–Trinajstić information content (AvgIpc) is 2.57. The Morgan fingerprint density at radius 3 is 2.32 bits per heavy atom. The summed E-state index contributed by atoms with van der Waals surface area (Å²) in [5.74, 6) is 1.47. The summed E-state index contributed by atoms with van der Waals surface area (Å²) in [7, 11) is 5.21. The van der Waals surface area contributed by atoms with Gasteiger partial charge in [-0.1, -0.05) is 19.9 Å². The highest BCUT2D eigenvalue weighted by atomic mass is 16.5. The third kappa shape index (κ3) is 5.35. The Hall–Kier alpha value is -1.77. The number of rotatable bonds is 10. The lowest BCUT2D eigenvalue weighted by molar-refractivity contribution is 0.139. The number of aliphatic hydroxyl groups is 1. The molecule has 0 spiro atoms. The average molecular weight is 348 g/mol. The zero-order valence-electron chi connectivity index (χ0n) is 16.4. The predicted molar refractivity (Wildman–Crippen MR) is 100 cm³/mol. The molecule has 0 heterocycles. The third-order valence-electron chi connectivity index (χ3n) is 4.77. The van der Waals surface area contributed by atoms with Crippen LogP contribution in [0.1, 0.15) is 39.2 Å². The van der Waals surface area contributed by atoms with Crippen molar-refractivity contribution in [3.05, 3.63) is 23.8 Å². The molecule has 0 saturated heterocycles. The van der Waals surface area contributed by atoms with E-state index in [9.17, 15) is 10.4 Å². The summed E-state index contributed by atoms with van der Waals surface area (Å²) in [4.78, 5) is 2.10. The number of aliphatic hydroxyl groups excluding tert-OH is 1. The van der Waals surface area contributed by atoms with Crippen molar-refractivity contribution in [2.45, 2.75) is 45.1 Å². The molecule has 1 aromatic carbocycles. The minimum Gasteiger partial charge on any atom is -0.493 e. The Balaban J connectivity index is 3.02. The first-order valence-corrected chi connectivity index (χ1v) is 8.81. The Labute approximate surface area is 152 Å². The molecule has 0 aromatic heterocycles. The first kappa shape index (κ1) is 21.3. The second-order valence-corrected chi connectivity index (χ2v) is 7.02. The van der Waals surface area contributed by atoms with E-state index in [1.165, 1.54) is 0 Å². The molecule has 0 amide bonds. The zero-order chi connectivity index (χ0) is 19.0. The highest BCUT2D eigenvalue weighted by Gasteiger charge is 2.36. The molecule has 0 saturated carbocycles. The molecule has 25 heavy (non-hydrogen) atoms. The fraction of sp³-hybridized carbons (Fsp3) is 0.650. The summed E-state index contributed by atoms with van der Waals surface area (Å²) in [6.45, 7) is 7.43. The third-order valence-corrected chi connectivity index (χ3v) is 4.77. The van der Waals surface area contributed by atoms with E-state index >= 15 is 0 Å². The van der Waals surface area contributed by atoms with Crippen LogP contribution < -0.4 is 9.47 Å². The van der Waals surface area contributed by atoms with Crippen LogP contribution in [0.25, 0.3) is 0 Å². The van der Waals surface area contributed by atoms with Gasteiger partial charge in [0.2, 0.25) is 0 Å². The van der Waals surface area contributed by atoms with Gasteiger partial charge in [0.25, 0.3) is 0 Å². The quantitative estimate of drug-likeness (QED) is 0.703. The van der Waals surface area contributed by atoms with Crippen LogP contribution in [0.5, 0.6) is 11.5 Å². The highest BCUT2D eigenvalue weighted by molar-refractivity contribution is 5.47. The number of likely N-dealkylation sites (N-methyl/N-ethyl adjacent to an activating group) is 1. The van der Waals surface area contributed by atoms with E-state index in [-0.39, 0.29) is 12.0 Å². The summed E-state index contributed by atoms with van der Waals surface area (Å²) < 4.78 is 10.7. The van der Waals surface area contributed by atoms with Gasteiger partial charge in [0.1, 0.15) is 0 Å². The van der Waals surface area contributed by atoms with Crippen molar-refractivity contribution in [3.63, 3.8) is 0 Å². The van der Waals surface area contributed by atoms with Gasteiger partial charge in [-0.05, 0) is 57.0 Å². The lowest BCUT2D eigenvalue weighted by Crippen LogP contribution is -2.33. The molecule has 2 atom stereocenters. The summed E-state index contributed by atoms with van der Waals surface area (Å²) in [5, 5.41) is 19.5. The van der Waals surface area contributed by atoms with Gasteiger partial charge < -0.3 is 19.5 Å². The van der Waals surface area contributed by atoms with Crippen molar-refractivity contribution in [2.75, 3.05) is 34.4 Å². The largest absolute Gasteiger partial charge is 0.493 e. The van der Waals surface area contributed by atoms with E-state index in [2.05, 4.69) is 24.8 Å². The van der Waals surface area contributed by atoms with E-state index in [1.54, 1.807) is 21.1 Å². The molecule has 1 N–H and O–H groups in total. The second-order valence-electron chi connectivity index (χ2n) is 7.02. The fourth-order valence-electron chi connectivity index (χ4n) is 3.30. The molecule has 0 radical (unpaired) electrons. The van der Waals surface area contributed by atoms with Crippen LogP contribution in [0.2, 0.25) is 0 Å². The van der Waals surface area contributed by atoms with E-state index in [0.29, 0.717) is 18.0 Å². The molecule has 5 nitrogen and oxygen atoms in total. The Morgan fingerprint density at radius 2 is 1.84 bits per heavy atom. The van der Waals surface area contributed by atoms with Gasteiger partial charge in [0.05, 0.1) is 31.8 Å². The van der Waals surface area contributed by atoms with Crippen LogP contribution in [0.15, 0.2) is 18.2 Å². The van der Waals surface area contributed by atoms with E-state index in [0.717, 1.165) is 24.9 Å². The summed E-state index contributed by atoms with van der Waals surface area (Å²) in [5.41, 5.74) is 0.381. The van der Waals surface area contributed by atoms with Crippen molar-refractivity contribution in [3.8, 4) is 17.6 Å². The topological polar surface area (TPSA) is 65.7 Å². The van der Waals surface area contributed by atoms with Crippen molar-refractivity contribution in [2.24, 2.45) is 5.92 Å². The fourth-order valence-corrected chi connectivity index (χ4v) is 3.30. The molecule has 140 valence electrons. The molecule has 0 fully saturated rings. The molecular weight excluding hydrogens is 316 g/mol. The van der Waals surface area contributed by atoms with Gasteiger partial charge >= 0.3 is 0 Å². The Kier molecular flexibility index (Phi) is 8.21. The molecule has 0 bridgehead atoms. The number of hydrogen-bond donors (Lipinski definition) is 1. The second kappa shape index (κ2) is 9.65. The number of ether oxygens (including phenoxy) is 2. The molecule has 0 aliphatic rings. The first-order valence-electron chi connectivity index (χ1n) is 8.81. The van der Waals surface area contributed by atoms with Crippen molar-refractivity contribution in [1.82, 2.24) is 4.90 Å². The minimum atomic E-state index is -0.578. The van der Waals surface area contributed by atoms with Crippen LogP contribution in [-0.2, 0) is 5.41 Å². The maximum absolute atomic E-state index is 10.0. The zero-order valence-corrected chi connectivity index (χ0v) is 16.4. The van der Waals surface area contributed by atoms with Crippen LogP contribution in [0.3, 0.4) is 0 Å². The molecule has 0 aliphatic heterocycles. The normalized spacial score (nSPS) is 14.9. The summed E-state index contributed by atoms with van der Waals surface area (Å²) in [6.07, 6.45) is 1.28. The summed E-state index contributed by atoms with van der Waals surface area (Å²) in [6, 6.07) is 8.31. The number of nitriles is 1. The summed E-state index contributed by atoms with van der Waals surface area (Å²) >= 11 is 0. The number of hydrogen-bond acceptors (Lipinski definition) is 5. The van der Waals surface area contributed by atoms with Gasteiger partial charge in [-0.2, -0.15) is 5.26 Å². The van der Waals surface area contributed by atoms with E-state index in [1.807, 2.05) is 25.2 Å². The minimum absolute atomic E-state index is 0.165.